The van der Waals surface area contributed by atoms with Gasteiger partial charge in [0, 0.05) is 50.3 Å². The minimum Gasteiger partial charge on any atom is -0.508 e. The average molecular weight is 1080 g/mol. The van der Waals surface area contributed by atoms with Crippen LogP contribution in [0.15, 0.2) is 42.5 Å². The fourth-order valence-electron chi connectivity index (χ4n) is 7.47. The van der Waals surface area contributed by atoms with E-state index < -0.39 is 102 Å². The van der Waals surface area contributed by atoms with Gasteiger partial charge >= 0.3 is 0 Å². The van der Waals surface area contributed by atoms with E-state index in [0.717, 1.165) is 0 Å². The average Bonchev–Trinajstić information content (AvgIpc) is 3.69. The molecule has 368 valence electrons. The van der Waals surface area contributed by atoms with Crippen molar-refractivity contribution in [3.63, 3.8) is 0 Å². The van der Waals surface area contributed by atoms with Crippen LogP contribution in [0.4, 0.5) is 0 Å². The highest BCUT2D eigenvalue weighted by molar-refractivity contribution is 14.1. The Morgan fingerprint density at radius 1 is 0.866 bits per heavy atom. The summed E-state index contributed by atoms with van der Waals surface area (Å²) in [5, 5.41) is 49.4. The van der Waals surface area contributed by atoms with Crippen LogP contribution >= 0.6 is 44.2 Å². The quantitative estimate of drug-likeness (QED) is 0.0986. The molecule has 4 rings (SSSR count). The normalized spacial score (nSPS) is 23.9. The maximum atomic E-state index is 14.4. The Balaban J connectivity index is 1.66. The molecule has 1 unspecified atom stereocenters. The molecule has 9 atom stereocenters. The van der Waals surface area contributed by atoms with E-state index in [9.17, 15) is 53.7 Å². The largest absolute Gasteiger partial charge is 0.508 e. The zero-order valence-electron chi connectivity index (χ0n) is 38.4. The zero-order chi connectivity index (χ0) is 49.5. The summed E-state index contributed by atoms with van der Waals surface area (Å²) in [7, 11) is 3.84. The molecule has 22 heteroatoms. The molecule has 2 heterocycles. The number of hydrogen-bond donors (Lipinski definition) is 10. The number of nitrogens with one attached hydrogen (secondary N) is 7. The number of benzene rings is 2. The molecular weight excluding hydrogens is 1020 g/mol. The number of rotatable bonds is 13. The van der Waals surface area contributed by atoms with E-state index in [0.29, 0.717) is 21.1 Å². The second-order valence-corrected chi connectivity index (χ2v) is 21.1. The molecule has 2 aromatic rings. The molecule has 2 saturated heterocycles. The van der Waals surface area contributed by atoms with E-state index in [4.69, 9.17) is 0 Å². The van der Waals surface area contributed by atoms with Crippen molar-refractivity contribution in [1.82, 2.24) is 42.1 Å². The summed E-state index contributed by atoms with van der Waals surface area (Å²) in [6.07, 6.45) is -0.531. The maximum Gasteiger partial charge on any atom is 0.244 e. The number of carbonyl (C=O) groups is 8. The number of aliphatic hydroxyl groups is 1. The number of phenols is 2. The van der Waals surface area contributed by atoms with Gasteiger partial charge in [-0.2, -0.15) is 0 Å². The van der Waals surface area contributed by atoms with Crippen LogP contribution in [0.25, 0.3) is 0 Å². The van der Waals surface area contributed by atoms with E-state index in [2.05, 4.69) is 37.2 Å². The first-order valence-corrected chi connectivity index (χ1v) is 25.8. The van der Waals surface area contributed by atoms with Gasteiger partial charge in [-0.3, -0.25) is 38.4 Å². The number of amides is 8. The zero-order valence-corrected chi connectivity index (χ0v) is 42.2. The van der Waals surface area contributed by atoms with Crippen molar-refractivity contribution < 1.29 is 53.7 Å². The van der Waals surface area contributed by atoms with Crippen LogP contribution in [0.1, 0.15) is 65.0 Å². The van der Waals surface area contributed by atoms with E-state index in [1.807, 2.05) is 43.4 Å². The molecular formula is C45H63IN8O11S2. The van der Waals surface area contributed by atoms with E-state index in [-0.39, 0.29) is 67.1 Å². The van der Waals surface area contributed by atoms with Gasteiger partial charge in [0.05, 0.1) is 16.2 Å². The second-order valence-electron chi connectivity index (χ2n) is 17.4. The van der Waals surface area contributed by atoms with Crippen LogP contribution in [0.3, 0.4) is 0 Å². The highest BCUT2D eigenvalue weighted by Gasteiger charge is 2.42. The first-order valence-electron chi connectivity index (χ1n) is 22.2. The topological polar surface area (TPSA) is 285 Å². The lowest BCUT2D eigenvalue weighted by molar-refractivity contribution is -0.141. The predicted octanol–water partition coefficient (Wildman–Crippen LogP) is 0.859. The lowest BCUT2D eigenvalue weighted by Gasteiger charge is -2.29. The number of halogens is 1. The smallest absolute Gasteiger partial charge is 0.244 e. The summed E-state index contributed by atoms with van der Waals surface area (Å²) in [5.74, 6) is -6.18. The molecule has 67 heavy (non-hydrogen) atoms. The Morgan fingerprint density at radius 2 is 1.54 bits per heavy atom. The molecule has 0 bridgehead atoms. The van der Waals surface area contributed by atoms with E-state index in [1.54, 1.807) is 38.1 Å². The molecule has 10 N–H and O–H groups in total. The molecule has 0 saturated carbocycles. The van der Waals surface area contributed by atoms with Gasteiger partial charge in [0.2, 0.25) is 47.3 Å². The lowest BCUT2D eigenvalue weighted by atomic mass is 9.97. The SMILES string of the molecule is CCC(C)[C@H](NC(=O)[C@H](Cc1ccc(O)cc1)NC(=O)[C@@H]1CSSC[C@H](C)C(=O)N2C[C@H](O)C[C@H]2C(=O)N[C@@H](Cc2ccc(O)c(I)c2)C(=O)NCC(=O)N[C@@H](CC(C)C)C(=O)N1)C(=O)NC. The predicted molar refractivity (Wildman–Crippen MR) is 262 cm³/mol. The minimum absolute atomic E-state index is 0.0137. The standard InChI is InChI=1S/C45H63IN8O11S2/c1-7-24(4)38(44(64)47-6)53-41(61)33(16-26-8-11-28(55)12-9-26)50-42(62)34-22-67-66-21-25(5)45(65)54-20-29(56)18-35(54)43(63)51-32(17-27-10-13-36(57)30(46)15-27)39(59)48-19-37(58)49-31(14-23(2)3)40(60)52-34/h8-13,15,23-25,29,31-35,38,55-57H,7,14,16-22H2,1-6H3,(H,47,64)(H,48,59)(H,49,58)(H,50,62)(H,51,63)(H,52,60)(H,53,61)/t24?,25-,29+,31-,32-,33-,34-,35-,38-/m0/s1. The van der Waals surface area contributed by atoms with Crippen molar-refractivity contribution in [2.45, 2.75) is 109 Å². The van der Waals surface area contributed by atoms with Crippen LogP contribution in [0.2, 0.25) is 0 Å². The molecule has 19 nitrogen and oxygen atoms in total. The Labute approximate surface area is 412 Å². The Morgan fingerprint density at radius 3 is 2.18 bits per heavy atom. The van der Waals surface area contributed by atoms with E-state index in [1.165, 1.54) is 51.7 Å². The van der Waals surface area contributed by atoms with Crippen LogP contribution in [-0.2, 0) is 51.2 Å². The monoisotopic (exact) mass is 1080 g/mol. The molecule has 2 aromatic carbocycles. The van der Waals surface area contributed by atoms with Crippen molar-refractivity contribution >= 4 is 91.4 Å². The van der Waals surface area contributed by atoms with Gasteiger partial charge < -0.3 is 57.4 Å². The highest BCUT2D eigenvalue weighted by Crippen LogP contribution is 2.29. The summed E-state index contributed by atoms with van der Waals surface area (Å²) in [6, 6.07) is 3.62. The number of phenolic OH excluding ortho intramolecular Hbond substituents is 2. The van der Waals surface area contributed by atoms with Gasteiger partial charge in [-0.15, -0.1) is 0 Å². The summed E-state index contributed by atoms with van der Waals surface area (Å²) in [4.78, 5) is 112. The van der Waals surface area contributed by atoms with Gasteiger partial charge in [0.1, 0.15) is 47.8 Å². The molecule has 0 radical (unpaired) electrons. The van der Waals surface area contributed by atoms with Crippen molar-refractivity contribution in [1.29, 1.82) is 0 Å². The Hall–Kier alpha value is -4.81. The number of carbonyl (C=O) groups excluding carboxylic acids is 8. The molecule has 8 amide bonds. The first kappa shape index (κ1) is 54.8. The van der Waals surface area contributed by atoms with Crippen molar-refractivity contribution in [2.75, 3.05) is 31.6 Å². The van der Waals surface area contributed by atoms with Gasteiger partial charge in [-0.05, 0) is 76.2 Å². The van der Waals surface area contributed by atoms with Gasteiger partial charge in [0.15, 0.2) is 0 Å². The highest BCUT2D eigenvalue weighted by atomic mass is 127. The third-order valence-electron chi connectivity index (χ3n) is 11.5. The third-order valence-corrected chi connectivity index (χ3v) is 14.9. The Bertz CT molecular complexity index is 2100. The van der Waals surface area contributed by atoms with Crippen molar-refractivity contribution in [3.05, 3.63) is 57.2 Å². The molecule has 2 fully saturated rings. The summed E-state index contributed by atoms with van der Waals surface area (Å²) in [6.45, 7) is 8.26. The van der Waals surface area contributed by atoms with Crippen LogP contribution < -0.4 is 37.2 Å². The van der Waals surface area contributed by atoms with E-state index >= 15 is 0 Å². The molecule has 2 aliphatic rings. The van der Waals surface area contributed by atoms with Crippen molar-refractivity contribution in [2.24, 2.45) is 17.8 Å². The molecule has 0 aromatic heterocycles. The lowest BCUT2D eigenvalue weighted by Crippen LogP contribution is -2.60. The molecule has 0 aliphatic carbocycles. The summed E-state index contributed by atoms with van der Waals surface area (Å²) < 4.78 is 0.496. The van der Waals surface area contributed by atoms with Gasteiger partial charge in [-0.25, -0.2) is 0 Å². The fourth-order valence-corrected chi connectivity index (χ4v) is 10.6. The number of aromatic hydroxyl groups is 2. The number of fused-ring (bicyclic) bond motifs is 1. The van der Waals surface area contributed by atoms with Crippen LogP contribution in [0.5, 0.6) is 11.5 Å². The fraction of sp³-hybridized carbons (Fsp3) is 0.556. The maximum absolute atomic E-state index is 14.4. The van der Waals surface area contributed by atoms with Gasteiger partial charge in [0.25, 0.3) is 0 Å². The number of nitrogens with zero attached hydrogens (tertiary/aromatic N) is 1. The molecule has 2 aliphatic heterocycles. The van der Waals surface area contributed by atoms with Crippen LogP contribution in [0, 0.1) is 21.3 Å². The number of aliphatic hydroxyl groups excluding tert-OH is 1. The molecule has 0 spiro atoms. The van der Waals surface area contributed by atoms with Crippen LogP contribution in [-0.4, -0.2) is 141 Å². The number of hydrogen-bond acceptors (Lipinski definition) is 13. The summed E-state index contributed by atoms with van der Waals surface area (Å²) in [5.41, 5.74) is 1.14. The second kappa shape index (κ2) is 26.1. The minimum atomic E-state index is -1.31. The van der Waals surface area contributed by atoms with Gasteiger partial charge in [-0.1, -0.05) is 80.8 Å². The first-order chi connectivity index (χ1) is 31.7. The van der Waals surface area contributed by atoms with Crippen molar-refractivity contribution in [3.8, 4) is 11.5 Å². The number of likely N-dealkylation sites (N-methyl/N-ethyl adjacent to an activating group) is 1. The summed E-state index contributed by atoms with van der Waals surface area (Å²) >= 11 is 1.93. The Kier molecular flexibility index (Phi) is 21.3. The third kappa shape index (κ3) is 16.4.